The van der Waals surface area contributed by atoms with Crippen molar-refractivity contribution in [2.45, 2.75) is 44.7 Å². The molecule has 0 saturated heterocycles. The van der Waals surface area contributed by atoms with Gasteiger partial charge in [0.05, 0.1) is 6.61 Å². The minimum absolute atomic E-state index is 0.541. The Labute approximate surface area is 129 Å². The molecule has 0 aliphatic heterocycles. The van der Waals surface area contributed by atoms with Gasteiger partial charge in [-0.2, -0.15) is 0 Å². The minimum Gasteiger partial charge on any atom is -0.509 e. The second-order valence-electron chi connectivity index (χ2n) is 5.28. The van der Waals surface area contributed by atoms with E-state index in [1.807, 2.05) is 26.0 Å². The van der Waals surface area contributed by atoms with Gasteiger partial charge in [-0.3, -0.25) is 0 Å². The summed E-state index contributed by atoms with van der Waals surface area (Å²) in [5.74, 6) is -0.541. The maximum absolute atomic E-state index is 9.86. The Kier molecular flexibility index (Phi) is 6.99. The molecule has 4 atom stereocenters. The number of hydrogen-bond donors (Lipinski definition) is 6. The van der Waals surface area contributed by atoms with Crippen molar-refractivity contribution in [3.63, 3.8) is 0 Å². The van der Waals surface area contributed by atoms with Crippen molar-refractivity contribution < 1.29 is 30.6 Å². The molecule has 6 nitrogen and oxygen atoms in total. The van der Waals surface area contributed by atoms with Crippen LogP contribution in [0.15, 0.2) is 24.0 Å². The molecule has 0 radical (unpaired) electrons. The molecule has 0 aromatic heterocycles. The van der Waals surface area contributed by atoms with Crippen LogP contribution in [0.5, 0.6) is 0 Å². The molecule has 0 aliphatic carbocycles. The predicted molar refractivity (Wildman–Crippen MR) is 82.3 cm³/mol. The largest absolute Gasteiger partial charge is 0.509 e. The van der Waals surface area contributed by atoms with E-state index in [0.29, 0.717) is 5.56 Å². The van der Waals surface area contributed by atoms with Gasteiger partial charge in [-0.05, 0) is 36.1 Å². The summed E-state index contributed by atoms with van der Waals surface area (Å²) in [5.41, 5.74) is 2.84. The van der Waals surface area contributed by atoms with Gasteiger partial charge in [-0.25, -0.2) is 0 Å². The molecular weight excluding hydrogens is 288 g/mol. The molecule has 0 fully saturated rings. The number of aliphatic hydroxyl groups excluding tert-OH is 6. The Morgan fingerprint density at radius 2 is 1.77 bits per heavy atom. The Morgan fingerprint density at radius 3 is 2.27 bits per heavy atom. The van der Waals surface area contributed by atoms with Gasteiger partial charge in [0.2, 0.25) is 0 Å². The molecule has 0 spiro atoms. The normalized spacial score (nSPS) is 17.9. The minimum atomic E-state index is -1.82. The third-order valence-corrected chi connectivity index (χ3v) is 3.62. The summed E-state index contributed by atoms with van der Waals surface area (Å²) in [6.07, 6.45) is -4.83. The first-order valence-electron chi connectivity index (χ1n) is 7.15. The molecule has 0 unspecified atom stereocenters. The second kappa shape index (κ2) is 8.26. The van der Waals surface area contributed by atoms with Crippen molar-refractivity contribution in [2.24, 2.45) is 0 Å². The highest BCUT2D eigenvalue weighted by atomic mass is 16.4. The van der Waals surface area contributed by atoms with Gasteiger partial charge >= 0.3 is 0 Å². The fraction of sp³-hybridized carbons (Fsp3) is 0.500. The van der Waals surface area contributed by atoms with Gasteiger partial charge in [-0.15, -0.1) is 0 Å². The molecule has 0 saturated carbocycles. The van der Waals surface area contributed by atoms with Crippen molar-refractivity contribution in [1.82, 2.24) is 0 Å². The summed E-state index contributed by atoms with van der Waals surface area (Å²) in [4.78, 5) is 0. The van der Waals surface area contributed by atoms with Crippen molar-refractivity contribution in [1.29, 1.82) is 0 Å². The standard InChI is InChI=1S/C16H24O6/c1-3-11-5-4-10(6-9(11)2)7-12(18)14(20)16(22)15(21)13(19)8-17/h4-7,13-22H,3,8H2,1-2H3/t13-,14+,15-,16-/m1/s1. The van der Waals surface area contributed by atoms with Gasteiger partial charge in [0, 0.05) is 0 Å². The van der Waals surface area contributed by atoms with E-state index < -0.39 is 36.8 Å². The summed E-state index contributed by atoms with van der Waals surface area (Å²) in [6.45, 7) is 3.19. The van der Waals surface area contributed by atoms with E-state index in [-0.39, 0.29) is 0 Å². The second-order valence-corrected chi connectivity index (χ2v) is 5.28. The van der Waals surface area contributed by atoms with Gasteiger partial charge in [0.25, 0.3) is 0 Å². The van der Waals surface area contributed by atoms with Crippen molar-refractivity contribution in [2.75, 3.05) is 6.61 Å². The molecular formula is C16H24O6. The molecule has 1 aromatic carbocycles. The Hall–Kier alpha value is -1.44. The number of rotatable bonds is 7. The maximum atomic E-state index is 9.86. The lowest BCUT2D eigenvalue weighted by molar-refractivity contribution is -0.112. The van der Waals surface area contributed by atoms with Gasteiger partial charge in [0.1, 0.15) is 30.2 Å². The first kappa shape index (κ1) is 18.6. The van der Waals surface area contributed by atoms with Crippen LogP contribution in [0.2, 0.25) is 0 Å². The highest BCUT2D eigenvalue weighted by molar-refractivity contribution is 5.54. The lowest BCUT2D eigenvalue weighted by atomic mass is 9.99. The summed E-state index contributed by atoms with van der Waals surface area (Å²) in [6, 6.07) is 5.49. The molecule has 0 heterocycles. The first-order chi connectivity index (χ1) is 10.3. The highest BCUT2D eigenvalue weighted by Crippen LogP contribution is 2.17. The third kappa shape index (κ3) is 4.53. The zero-order chi connectivity index (χ0) is 16.9. The Morgan fingerprint density at radius 1 is 1.14 bits per heavy atom. The van der Waals surface area contributed by atoms with E-state index >= 15 is 0 Å². The Balaban J connectivity index is 2.89. The smallest absolute Gasteiger partial charge is 0.139 e. The number of aryl methyl sites for hydroxylation is 2. The van der Waals surface area contributed by atoms with E-state index in [9.17, 15) is 25.5 Å². The zero-order valence-electron chi connectivity index (χ0n) is 12.7. The number of benzene rings is 1. The molecule has 0 amide bonds. The van der Waals surface area contributed by atoms with Crippen LogP contribution in [0.4, 0.5) is 0 Å². The summed E-state index contributed by atoms with van der Waals surface area (Å²) < 4.78 is 0. The average molecular weight is 312 g/mol. The van der Waals surface area contributed by atoms with Crippen LogP contribution >= 0.6 is 0 Å². The average Bonchev–Trinajstić information content (AvgIpc) is 2.51. The molecule has 124 valence electrons. The van der Waals surface area contributed by atoms with Crippen molar-refractivity contribution in [3.05, 3.63) is 40.6 Å². The molecule has 22 heavy (non-hydrogen) atoms. The van der Waals surface area contributed by atoms with Crippen LogP contribution in [0.25, 0.3) is 6.08 Å². The van der Waals surface area contributed by atoms with Crippen LogP contribution in [0, 0.1) is 6.92 Å². The van der Waals surface area contributed by atoms with E-state index in [1.165, 1.54) is 11.6 Å². The summed E-state index contributed by atoms with van der Waals surface area (Å²) in [5, 5.41) is 56.8. The zero-order valence-corrected chi connectivity index (χ0v) is 12.7. The van der Waals surface area contributed by atoms with Gasteiger partial charge < -0.3 is 30.6 Å². The summed E-state index contributed by atoms with van der Waals surface area (Å²) >= 11 is 0. The SMILES string of the molecule is CCc1ccc(C=C(O)[C@H](O)[C@@H](O)[C@H](O)[C@H](O)CO)cc1C. The number of hydrogen-bond acceptors (Lipinski definition) is 6. The predicted octanol–water partition coefficient (Wildman–Crippen LogP) is -0.108. The monoisotopic (exact) mass is 312 g/mol. The lowest BCUT2D eigenvalue weighted by Gasteiger charge is -2.25. The van der Waals surface area contributed by atoms with Crippen LogP contribution in [0.3, 0.4) is 0 Å². The molecule has 6 heteroatoms. The molecule has 0 bridgehead atoms. The lowest BCUT2D eigenvalue weighted by Crippen LogP contribution is -2.46. The van der Waals surface area contributed by atoms with Crippen LogP contribution in [-0.4, -0.2) is 61.7 Å². The van der Waals surface area contributed by atoms with E-state index in [0.717, 1.165) is 12.0 Å². The molecule has 1 aromatic rings. The highest BCUT2D eigenvalue weighted by Gasteiger charge is 2.32. The van der Waals surface area contributed by atoms with Crippen LogP contribution in [0.1, 0.15) is 23.6 Å². The summed E-state index contributed by atoms with van der Waals surface area (Å²) in [7, 11) is 0. The first-order valence-corrected chi connectivity index (χ1v) is 7.15. The Bertz CT molecular complexity index is 513. The maximum Gasteiger partial charge on any atom is 0.139 e. The molecule has 1 rings (SSSR count). The van der Waals surface area contributed by atoms with E-state index in [1.54, 1.807) is 6.07 Å². The van der Waals surface area contributed by atoms with Crippen molar-refractivity contribution in [3.8, 4) is 0 Å². The third-order valence-electron chi connectivity index (χ3n) is 3.62. The number of aliphatic hydroxyl groups is 6. The van der Waals surface area contributed by atoms with E-state index in [2.05, 4.69) is 0 Å². The topological polar surface area (TPSA) is 121 Å². The van der Waals surface area contributed by atoms with Crippen LogP contribution < -0.4 is 0 Å². The van der Waals surface area contributed by atoms with Gasteiger partial charge in [-0.1, -0.05) is 25.1 Å². The fourth-order valence-corrected chi connectivity index (χ4v) is 2.16. The quantitative estimate of drug-likeness (QED) is 0.391. The van der Waals surface area contributed by atoms with Crippen LogP contribution in [-0.2, 0) is 6.42 Å². The molecule has 6 N–H and O–H groups in total. The van der Waals surface area contributed by atoms with E-state index in [4.69, 9.17) is 5.11 Å². The molecule has 0 aliphatic rings. The van der Waals surface area contributed by atoms with Gasteiger partial charge in [0.15, 0.2) is 0 Å². The fourth-order valence-electron chi connectivity index (χ4n) is 2.16. The van der Waals surface area contributed by atoms with Crippen molar-refractivity contribution >= 4 is 6.08 Å².